The molecule has 6 aliphatic rings. The molecule has 3 aromatic carbocycles. The Balaban J connectivity index is 0.858. The molecular weight excluding hydrogens is 921 g/mol. The van der Waals surface area contributed by atoms with Crippen LogP contribution in [-0.4, -0.2) is 105 Å². The highest BCUT2D eigenvalue weighted by atomic mass is 32.2. The highest BCUT2D eigenvalue weighted by Gasteiger charge is 2.50. The summed E-state index contributed by atoms with van der Waals surface area (Å²) in [6.45, 7) is 11.5. The molecule has 17 heteroatoms. The number of hydrogen-bond acceptors (Lipinski definition) is 13. The molecule has 1 spiro atoms. The van der Waals surface area contributed by atoms with Crippen LogP contribution in [0.4, 0.5) is 28.4 Å². The zero-order chi connectivity index (χ0) is 49.1. The van der Waals surface area contributed by atoms with Crippen LogP contribution in [0, 0.1) is 33.3 Å². The molecular formula is C54H62N8O8S. The minimum absolute atomic E-state index is 0.108. The highest BCUT2D eigenvalue weighted by molar-refractivity contribution is 7.90. The van der Waals surface area contributed by atoms with Crippen LogP contribution in [0.2, 0.25) is 0 Å². The zero-order valence-electron chi connectivity index (χ0n) is 40.6. The summed E-state index contributed by atoms with van der Waals surface area (Å²) >= 11 is 0. The quantitative estimate of drug-likeness (QED) is 0.0614. The number of benzene rings is 3. The van der Waals surface area contributed by atoms with E-state index >= 15 is 0 Å². The molecule has 0 radical (unpaired) electrons. The average molecular weight is 983 g/mol. The van der Waals surface area contributed by atoms with Gasteiger partial charge >= 0.3 is 0 Å². The predicted molar refractivity (Wildman–Crippen MR) is 272 cm³/mol. The van der Waals surface area contributed by atoms with E-state index < -0.39 is 37.5 Å². The van der Waals surface area contributed by atoms with E-state index in [9.17, 15) is 23.3 Å². The van der Waals surface area contributed by atoms with Crippen LogP contribution in [0.5, 0.6) is 5.88 Å². The third-order valence-electron chi connectivity index (χ3n) is 16.2. The molecule has 1 amide bonds. The number of aromatic nitrogens is 2. The minimum Gasteiger partial charge on any atom is -0.468 e. The van der Waals surface area contributed by atoms with Crippen molar-refractivity contribution in [2.24, 2.45) is 11.3 Å². The number of pyridine rings is 1. The van der Waals surface area contributed by atoms with Crippen molar-refractivity contribution in [3.8, 4) is 17.7 Å². The topological polar surface area (TPSA) is 184 Å². The molecule has 5 fully saturated rings. The maximum atomic E-state index is 14.6. The number of anilines is 4. The first-order valence-electron chi connectivity index (χ1n) is 25.2. The second kappa shape index (κ2) is 18.8. The summed E-state index contributed by atoms with van der Waals surface area (Å²) in [7, 11) is -4.60. The number of piperidine rings is 1. The maximum absolute atomic E-state index is 14.6. The van der Waals surface area contributed by atoms with Crippen molar-refractivity contribution in [1.29, 1.82) is 0 Å². The third-order valence-corrected chi connectivity index (χ3v) is 17.5. The summed E-state index contributed by atoms with van der Waals surface area (Å²) in [6.07, 6.45) is 9.81. The number of hydrogen-bond donors (Lipinski definition) is 3. The van der Waals surface area contributed by atoms with Crippen molar-refractivity contribution in [3.05, 3.63) is 106 Å². The number of ether oxygens (including phenoxy) is 3. The Hall–Kier alpha value is -6.19. The molecule has 2 aromatic heterocycles. The van der Waals surface area contributed by atoms with Crippen LogP contribution in [0.1, 0.15) is 99.7 Å². The molecule has 5 aliphatic heterocycles. The van der Waals surface area contributed by atoms with Crippen molar-refractivity contribution in [1.82, 2.24) is 19.6 Å². The molecule has 71 heavy (non-hydrogen) atoms. The fourth-order valence-corrected chi connectivity index (χ4v) is 13.4. The molecule has 5 aromatic rings. The lowest BCUT2D eigenvalue weighted by Crippen LogP contribution is -2.55. The first-order valence-corrected chi connectivity index (χ1v) is 26.7. The standard InChI is InChI=1S/C54H62N8O8S/c1-4-18-53(2,3)42-9-6-5-8-40(42)44-10-7-22-60(44)38-30-54(31-38)19-23-59(24-20-54)37-11-13-41(45(28-37)61-47-27-36-15-21-55-50(36)57-52(47)70-49-34-69-33-48(49)61)51(63)58-71(66,67)39-12-14-43(46(29-39)62(64)65)56-32-35-16-25-68-26-17-35/h5-6,8-9,11-15,21,27-29,35,38,44,48-49,56H,7,10,16-17,19-20,22-26,30-34H2,1-3H3,(H,55,57)(H,58,63)/t44-,48-,49-/m0/s1. The molecule has 3 N–H and O–H groups in total. The summed E-state index contributed by atoms with van der Waals surface area (Å²) in [5, 5.41) is 16.3. The Morgan fingerprint density at radius 3 is 2.56 bits per heavy atom. The van der Waals surface area contributed by atoms with Crippen LogP contribution in [0.25, 0.3) is 11.0 Å². The summed E-state index contributed by atoms with van der Waals surface area (Å²) < 4.78 is 48.4. The fourth-order valence-electron chi connectivity index (χ4n) is 12.4. The summed E-state index contributed by atoms with van der Waals surface area (Å²) in [5.41, 5.74) is 5.36. The highest BCUT2D eigenvalue weighted by Crippen LogP contribution is 2.55. The second-order valence-electron chi connectivity index (χ2n) is 20.9. The number of nitro benzene ring substituents is 1. The Morgan fingerprint density at radius 1 is 0.972 bits per heavy atom. The van der Waals surface area contributed by atoms with Crippen molar-refractivity contribution in [3.63, 3.8) is 0 Å². The molecule has 1 aliphatic carbocycles. The molecule has 372 valence electrons. The summed E-state index contributed by atoms with van der Waals surface area (Å²) in [6, 6.07) is 22.6. The second-order valence-corrected chi connectivity index (χ2v) is 22.6. The number of nitrogens with zero attached hydrogens (tertiary/aromatic N) is 5. The lowest BCUT2D eigenvalue weighted by atomic mass is 9.59. The van der Waals surface area contributed by atoms with Crippen LogP contribution in [0.15, 0.2) is 83.9 Å². The lowest BCUT2D eigenvalue weighted by molar-refractivity contribution is -0.384. The number of carbonyl (C=O) groups excluding carboxylic acids is 1. The predicted octanol–water partition coefficient (Wildman–Crippen LogP) is 8.61. The van der Waals surface area contributed by atoms with Crippen molar-refractivity contribution in [2.45, 2.75) is 107 Å². The van der Waals surface area contributed by atoms with Gasteiger partial charge in [-0.25, -0.2) is 13.1 Å². The monoisotopic (exact) mass is 982 g/mol. The van der Waals surface area contributed by atoms with Crippen LogP contribution < -0.4 is 24.6 Å². The van der Waals surface area contributed by atoms with Gasteiger partial charge in [-0.15, -0.1) is 5.92 Å². The van der Waals surface area contributed by atoms with Crippen molar-refractivity contribution >= 4 is 55.4 Å². The Kier molecular flexibility index (Phi) is 12.5. The van der Waals surface area contributed by atoms with E-state index in [1.165, 1.54) is 42.5 Å². The van der Waals surface area contributed by atoms with Gasteiger partial charge in [-0.2, -0.15) is 4.98 Å². The van der Waals surface area contributed by atoms with Gasteiger partial charge in [0.15, 0.2) is 0 Å². The van der Waals surface area contributed by atoms with Gasteiger partial charge in [0.05, 0.1) is 45.7 Å². The number of rotatable bonds is 12. The molecule has 0 bridgehead atoms. The van der Waals surface area contributed by atoms with Gasteiger partial charge in [0, 0.05) is 68.3 Å². The summed E-state index contributed by atoms with van der Waals surface area (Å²) in [5.74, 6) is 6.39. The van der Waals surface area contributed by atoms with Crippen LogP contribution in [-0.2, 0) is 24.9 Å². The maximum Gasteiger partial charge on any atom is 0.293 e. The molecule has 0 unspecified atom stereocenters. The van der Waals surface area contributed by atoms with Crippen molar-refractivity contribution in [2.75, 3.05) is 67.7 Å². The van der Waals surface area contributed by atoms with Gasteiger partial charge in [-0.05, 0) is 144 Å². The van der Waals surface area contributed by atoms with Crippen LogP contribution >= 0.6 is 0 Å². The Labute approximate surface area is 415 Å². The van der Waals surface area contributed by atoms with E-state index in [0.717, 1.165) is 68.9 Å². The van der Waals surface area contributed by atoms with Gasteiger partial charge in [-0.1, -0.05) is 30.2 Å². The van der Waals surface area contributed by atoms with Gasteiger partial charge in [-0.3, -0.25) is 19.8 Å². The van der Waals surface area contributed by atoms with E-state index in [4.69, 9.17) is 19.2 Å². The molecule has 16 nitrogen and oxygen atoms in total. The van der Waals surface area contributed by atoms with Crippen molar-refractivity contribution < 1.29 is 32.3 Å². The van der Waals surface area contributed by atoms with Gasteiger partial charge < -0.3 is 34.3 Å². The lowest BCUT2D eigenvalue weighted by Gasteiger charge is -2.56. The molecule has 7 heterocycles. The number of amides is 1. The number of H-pyrrole nitrogens is 1. The van der Waals surface area contributed by atoms with E-state index in [2.05, 4.69) is 74.8 Å². The number of likely N-dealkylation sites (tertiary alicyclic amines) is 1. The van der Waals surface area contributed by atoms with E-state index in [-0.39, 0.29) is 34.0 Å². The minimum atomic E-state index is -4.60. The fraction of sp³-hybridized carbons (Fsp3) is 0.481. The zero-order valence-corrected chi connectivity index (χ0v) is 41.4. The number of sulfonamides is 1. The Bertz CT molecular complexity index is 3030. The molecule has 1 saturated carbocycles. The van der Waals surface area contributed by atoms with E-state index in [0.29, 0.717) is 68.0 Å². The number of nitro groups is 1. The molecule has 4 saturated heterocycles. The van der Waals surface area contributed by atoms with Gasteiger partial charge in [0.2, 0.25) is 5.88 Å². The number of fused-ring (bicyclic) bond motifs is 3. The Morgan fingerprint density at radius 2 is 1.77 bits per heavy atom. The van der Waals surface area contributed by atoms with Gasteiger partial charge in [0.1, 0.15) is 23.1 Å². The normalized spacial score (nSPS) is 22.5. The first kappa shape index (κ1) is 47.2. The smallest absolute Gasteiger partial charge is 0.293 e. The van der Waals surface area contributed by atoms with Crippen LogP contribution in [0.3, 0.4) is 0 Å². The first-order chi connectivity index (χ1) is 34.3. The van der Waals surface area contributed by atoms with Gasteiger partial charge in [0.25, 0.3) is 21.6 Å². The average Bonchev–Trinajstić information content (AvgIpc) is 4.16. The molecule has 11 rings (SSSR count). The van der Waals surface area contributed by atoms with E-state index in [1.54, 1.807) is 6.07 Å². The van der Waals surface area contributed by atoms with E-state index in [1.807, 2.05) is 42.3 Å². The molecule has 3 atom stereocenters. The number of carbonyl (C=O) groups is 1. The number of nitrogens with one attached hydrogen (secondary N) is 3. The number of aromatic amines is 1. The third kappa shape index (κ3) is 8.98. The largest absolute Gasteiger partial charge is 0.468 e. The SMILES string of the molecule is CC#CC(C)(C)c1ccccc1[C@@H]1CCCN1C1CC2(CCN(c3ccc(C(=O)NS(=O)(=O)c4ccc(NCC5CCOCC5)c([N+](=O)[O-])c4)c(N4c5cc6cc[nH]c6nc5O[C@H]5COC[C@@H]54)c3)CC2)C1. The summed E-state index contributed by atoms with van der Waals surface area (Å²) in [4.78, 5) is 41.1.